The van der Waals surface area contributed by atoms with Crippen molar-refractivity contribution in [3.05, 3.63) is 0 Å². The average Bonchev–Trinajstić information content (AvgIpc) is 2.75. The Morgan fingerprint density at radius 3 is 2.63 bits per heavy atom. The second-order valence-corrected chi connectivity index (χ2v) is 5.42. The number of nitrogens with zero attached hydrogens (tertiary/aromatic N) is 1. The predicted molar refractivity (Wildman–Crippen MR) is 72.3 cm³/mol. The van der Waals surface area contributed by atoms with Crippen LogP contribution in [-0.2, 0) is 4.79 Å². The third kappa shape index (κ3) is 3.59. The Balaban J connectivity index is 2.84. The minimum Gasteiger partial charge on any atom is -0.394 e. The fourth-order valence-corrected chi connectivity index (χ4v) is 2.58. The molecule has 0 aromatic rings. The zero-order chi connectivity index (χ0) is 14.6. The lowest BCUT2D eigenvalue weighted by Gasteiger charge is -2.31. The number of rotatable bonds is 5. The van der Waals surface area contributed by atoms with Crippen LogP contribution in [0, 0.1) is 11.8 Å². The highest BCUT2D eigenvalue weighted by Gasteiger charge is 2.38. The highest BCUT2D eigenvalue weighted by Crippen LogP contribution is 2.25. The number of hydrogen-bond acceptors (Lipinski definition) is 3. The van der Waals surface area contributed by atoms with Crippen molar-refractivity contribution in [1.29, 1.82) is 0 Å². The van der Waals surface area contributed by atoms with Crippen LogP contribution in [0.2, 0.25) is 0 Å². The van der Waals surface area contributed by atoms with Gasteiger partial charge < -0.3 is 21.1 Å². The van der Waals surface area contributed by atoms with E-state index in [2.05, 4.69) is 5.32 Å². The first-order valence-corrected chi connectivity index (χ1v) is 6.89. The zero-order valence-corrected chi connectivity index (χ0v) is 11.9. The van der Waals surface area contributed by atoms with E-state index in [1.807, 2.05) is 20.8 Å². The number of carbonyl (C=O) groups excluding carboxylic acids is 2. The maximum atomic E-state index is 12.5. The molecule has 0 aromatic heterocycles. The molecule has 6 heteroatoms. The van der Waals surface area contributed by atoms with Gasteiger partial charge in [-0.1, -0.05) is 27.2 Å². The van der Waals surface area contributed by atoms with E-state index in [-0.39, 0.29) is 30.4 Å². The van der Waals surface area contributed by atoms with E-state index < -0.39 is 12.1 Å². The van der Waals surface area contributed by atoms with Crippen molar-refractivity contribution >= 4 is 11.9 Å². The van der Waals surface area contributed by atoms with Gasteiger partial charge in [0.2, 0.25) is 5.91 Å². The van der Waals surface area contributed by atoms with Crippen LogP contribution in [0.1, 0.15) is 33.6 Å². The number of nitrogens with two attached hydrogens (primary N) is 1. The molecule has 6 nitrogen and oxygen atoms in total. The normalized spacial score (nSPS) is 26.0. The third-order valence-electron chi connectivity index (χ3n) is 4.13. The molecule has 4 unspecified atom stereocenters. The van der Waals surface area contributed by atoms with Crippen molar-refractivity contribution in [1.82, 2.24) is 10.2 Å². The van der Waals surface area contributed by atoms with E-state index >= 15 is 0 Å². The van der Waals surface area contributed by atoms with Gasteiger partial charge in [0.05, 0.1) is 12.6 Å². The van der Waals surface area contributed by atoms with Crippen LogP contribution in [0.15, 0.2) is 0 Å². The van der Waals surface area contributed by atoms with Crippen LogP contribution in [0.25, 0.3) is 0 Å². The van der Waals surface area contributed by atoms with Gasteiger partial charge in [0, 0.05) is 6.54 Å². The fraction of sp³-hybridized carbons (Fsp3) is 0.846. The van der Waals surface area contributed by atoms with Gasteiger partial charge in [-0.15, -0.1) is 0 Å². The molecule has 0 bridgehead atoms. The maximum absolute atomic E-state index is 12.5. The molecule has 0 saturated carbocycles. The van der Waals surface area contributed by atoms with E-state index in [0.29, 0.717) is 6.54 Å². The van der Waals surface area contributed by atoms with Crippen molar-refractivity contribution in [2.24, 2.45) is 17.6 Å². The molecular weight excluding hydrogens is 246 g/mol. The highest BCUT2D eigenvalue weighted by atomic mass is 16.3. The Hall–Kier alpha value is -1.30. The minimum atomic E-state index is -0.688. The van der Waals surface area contributed by atoms with Gasteiger partial charge in [-0.05, 0) is 18.3 Å². The lowest BCUT2D eigenvalue weighted by atomic mass is 9.97. The first kappa shape index (κ1) is 15.8. The molecular formula is C13H25N3O3. The van der Waals surface area contributed by atoms with Gasteiger partial charge in [0.15, 0.2) is 0 Å². The summed E-state index contributed by atoms with van der Waals surface area (Å²) in [6, 6.07) is -1.46. The van der Waals surface area contributed by atoms with Gasteiger partial charge in [-0.2, -0.15) is 0 Å². The fourth-order valence-electron chi connectivity index (χ4n) is 2.58. The molecule has 4 atom stereocenters. The summed E-state index contributed by atoms with van der Waals surface area (Å²) in [7, 11) is 0. The number of urea groups is 1. The Morgan fingerprint density at radius 2 is 2.16 bits per heavy atom. The summed E-state index contributed by atoms with van der Waals surface area (Å²) < 4.78 is 0. The smallest absolute Gasteiger partial charge is 0.312 e. The number of nitrogens with one attached hydrogen (secondary N) is 1. The van der Waals surface area contributed by atoms with Crippen molar-refractivity contribution in [2.45, 2.75) is 45.7 Å². The second kappa shape index (κ2) is 6.75. The molecule has 0 aliphatic carbocycles. The monoisotopic (exact) mass is 271 g/mol. The molecule has 0 radical (unpaired) electrons. The van der Waals surface area contributed by atoms with E-state index in [4.69, 9.17) is 5.73 Å². The van der Waals surface area contributed by atoms with E-state index in [0.717, 1.165) is 12.8 Å². The summed E-state index contributed by atoms with van der Waals surface area (Å²) >= 11 is 0. The van der Waals surface area contributed by atoms with Gasteiger partial charge in [0.1, 0.15) is 6.04 Å². The molecule has 0 aromatic carbocycles. The summed E-state index contributed by atoms with van der Waals surface area (Å²) in [5, 5.41) is 11.9. The first-order valence-electron chi connectivity index (χ1n) is 6.89. The van der Waals surface area contributed by atoms with Gasteiger partial charge in [0.25, 0.3) is 0 Å². The van der Waals surface area contributed by atoms with Crippen LogP contribution in [0.5, 0.6) is 0 Å². The standard InChI is InChI=1S/C13H25N3O3/c1-4-8(2)11(15-13(14)19)12(18)16-6-5-9(3)10(16)7-17/h8-11,17H,4-7H2,1-3H3,(H3,14,15,19). The number of aliphatic hydroxyl groups excluding tert-OH is 1. The number of amides is 3. The van der Waals surface area contributed by atoms with Crippen LogP contribution in [0.3, 0.4) is 0 Å². The Kier molecular flexibility index (Phi) is 5.60. The van der Waals surface area contributed by atoms with E-state index in [9.17, 15) is 14.7 Å². The summed E-state index contributed by atoms with van der Waals surface area (Å²) in [4.78, 5) is 25.3. The van der Waals surface area contributed by atoms with Crippen molar-refractivity contribution < 1.29 is 14.7 Å². The van der Waals surface area contributed by atoms with Crippen molar-refractivity contribution in [2.75, 3.05) is 13.2 Å². The highest BCUT2D eigenvalue weighted by molar-refractivity contribution is 5.87. The Morgan fingerprint density at radius 1 is 1.53 bits per heavy atom. The average molecular weight is 271 g/mol. The first-order chi connectivity index (χ1) is 8.92. The van der Waals surface area contributed by atoms with Gasteiger partial charge in [-0.25, -0.2) is 4.79 Å². The lowest BCUT2D eigenvalue weighted by molar-refractivity contribution is -0.136. The second-order valence-electron chi connectivity index (χ2n) is 5.42. The third-order valence-corrected chi connectivity index (χ3v) is 4.13. The largest absolute Gasteiger partial charge is 0.394 e. The molecule has 3 amide bonds. The molecule has 1 heterocycles. The quantitative estimate of drug-likeness (QED) is 0.671. The summed E-state index contributed by atoms with van der Waals surface area (Å²) in [6.07, 6.45) is 1.64. The van der Waals surface area contributed by atoms with Crippen molar-refractivity contribution in [3.8, 4) is 0 Å². The van der Waals surface area contributed by atoms with Gasteiger partial charge >= 0.3 is 6.03 Å². The minimum absolute atomic E-state index is 0.00949. The lowest BCUT2D eigenvalue weighted by Crippen LogP contribution is -2.55. The Bertz CT molecular complexity index is 335. The number of likely N-dealkylation sites (tertiary alicyclic amines) is 1. The molecule has 110 valence electrons. The topological polar surface area (TPSA) is 95.7 Å². The number of carbonyl (C=O) groups is 2. The van der Waals surface area contributed by atoms with Gasteiger partial charge in [-0.3, -0.25) is 4.79 Å². The zero-order valence-electron chi connectivity index (χ0n) is 11.9. The number of aliphatic hydroxyl groups is 1. The summed E-state index contributed by atoms with van der Waals surface area (Å²) in [5.41, 5.74) is 5.15. The molecule has 1 fully saturated rings. The van der Waals surface area contributed by atoms with E-state index in [1.165, 1.54) is 0 Å². The van der Waals surface area contributed by atoms with Crippen LogP contribution >= 0.6 is 0 Å². The van der Waals surface area contributed by atoms with Crippen LogP contribution in [0.4, 0.5) is 4.79 Å². The predicted octanol–water partition coefficient (Wildman–Crippen LogP) is 0.299. The summed E-state index contributed by atoms with van der Waals surface area (Å²) in [5.74, 6) is 0.145. The van der Waals surface area contributed by atoms with Crippen LogP contribution < -0.4 is 11.1 Å². The maximum Gasteiger partial charge on any atom is 0.312 e. The summed E-state index contributed by atoms with van der Waals surface area (Å²) in [6.45, 7) is 6.47. The molecule has 19 heavy (non-hydrogen) atoms. The molecule has 4 N–H and O–H groups in total. The SMILES string of the molecule is CCC(C)C(NC(N)=O)C(=O)N1CCC(C)C1CO. The molecule has 1 rings (SSSR count). The molecule has 0 spiro atoms. The number of primary amides is 1. The van der Waals surface area contributed by atoms with Crippen LogP contribution in [-0.4, -0.2) is 47.2 Å². The molecule has 1 aliphatic heterocycles. The number of hydrogen-bond donors (Lipinski definition) is 3. The van der Waals surface area contributed by atoms with Crippen molar-refractivity contribution in [3.63, 3.8) is 0 Å². The molecule has 1 saturated heterocycles. The molecule has 1 aliphatic rings. The Labute approximate surface area is 114 Å². The van der Waals surface area contributed by atoms with E-state index in [1.54, 1.807) is 4.90 Å².